The molecule has 4 N–H and O–H groups in total. The van der Waals surface area contributed by atoms with Gasteiger partial charge in [0.15, 0.2) is 0 Å². The van der Waals surface area contributed by atoms with Crippen LogP contribution in [0.1, 0.15) is 52.7 Å². The molecule has 1 aromatic rings. The summed E-state index contributed by atoms with van der Waals surface area (Å²) in [4.78, 5) is 35.6. The lowest BCUT2D eigenvalue weighted by atomic mass is 9.86. The number of carbonyl (C=O) groups excluding carboxylic acids is 3. The van der Waals surface area contributed by atoms with Crippen molar-refractivity contribution >= 4 is 17.7 Å². The minimum absolute atomic E-state index is 0.0404. The molecule has 0 aliphatic rings. The highest BCUT2D eigenvalue weighted by Gasteiger charge is 2.27. The zero-order valence-electron chi connectivity index (χ0n) is 16.6. The molecule has 1 aromatic carbocycles. The van der Waals surface area contributed by atoms with Gasteiger partial charge in [0, 0.05) is 13.3 Å². The third kappa shape index (κ3) is 6.50. The molecule has 0 aliphatic heterocycles. The molecule has 1 rings (SSSR count). The van der Waals surface area contributed by atoms with Crippen LogP contribution in [0.4, 0.5) is 0 Å². The second-order valence-electron chi connectivity index (χ2n) is 8.04. The lowest BCUT2D eigenvalue weighted by Gasteiger charge is -2.24. The van der Waals surface area contributed by atoms with Crippen molar-refractivity contribution in [1.29, 1.82) is 0 Å². The van der Waals surface area contributed by atoms with Crippen LogP contribution < -0.4 is 16.4 Å². The molecular weight excluding hydrogens is 330 g/mol. The molecule has 26 heavy (non-hydrogen) atoms. The fourth-order valence-corrected chi connectivity index (χ4v) is 2.61. The summed E-state index contributed by atoms with van der Waals surface area (Å²) in [6, 6.07) is 6.37. The topological polar surface area (TPSA) is 101 Å². The van der Waals surface area contributed by atoms with Gasteiger partial charge in [-0.05, 0) is 22.5 Å². The minimum Gasteiger partial charge on any atom is -0.368 e. The molecule has 0 saturated heterocycles. The second-order valence-corrected chi connectivity index (χ2v) is 8.04. The average molecular weight is 361 g/mol. The van der Waals surface area contributed by atoms with E-state index in [9.17, 15) is 14.4 Å². The Morgan fingerprint density at radius 3 is 1.96 bits per heavy atom. The van der Waals surface area contributed by atoms with Crippen molar-refractivity contribution in [3.05, 3.63) is 35.4 Å². The molecule has 0 aromatic heterocycles. The summed E-state index contributed by atoms with van der Waals surface area (Å²) < 4.78 is 0. The molecule has 0 unspecified atom stereocenters. The Labute approximate surface area is 155 Å². The minimum atomic E-state index is -0.835. The van der Waals surface area contributed by atoms with E-state index < -0.39 is 23.9 Å². The maximum Gasteiger partial charge on any atom is 0.243 e. The van der Waals surface area contributed by atoms with Gasteiger partial charge in [0.05, 0.1) is 0 Å². The van der Waals surface area contributed by atoms with Gasteiger partial charge in [-0.3, -0.25) is 14.4 Å². The van der Waals surface area contributed by atoms with E-state index in [1.807, 2.05) is 38.1 Å². The quantitative estimate of drug-likeness (QED) is 0.688. The Hall–Kier alpha value is -2.37. The van der Waals surface area contributed by atoms with Gasteiger partial charge in [0.1, 0.15) is 12.1 Å². The Kier molecular flexibility index (Phi) is 7.36. The van der Waals surface area contributed by atoms with Gasteiger partial charge < -0.3 is 16.4 Å². The van der Waals surface area contributed by atoms with Crippen LogP contribution in [-0.4, -0.2) is 29.8 Å². The molecule has 0 heterocycles. The van der Waals surface area contributed by atoms with Gasteiger partial charge in [-0.1, -0.05) is 58.9 Å². The average Bonchev–Trinajstić information content (AvgIpc) is 2.50. The summed E-state index contributed by atoms with van der Waals surface area (Å²) in [6.07, 6.45) is 0.302. The number of hydrogen-bond acceptors (Lipinski definition) is 3. The van der Waals surface area contributed by atoms with E-state index in [0.29, 0.717) is 6.42 Å². The number of amides is 3. The smallest absolute Gasteiger partial charge is 0.243 e. The summed E-state index contributed by atoms with van der Waals surface area (Å²) in [5, 5.41) is 5.28. The van der Waals surface area contributed by atoms with Gasteiger partial charge in [0.2, 0.25) is 17.7 Å². The van der Waals surface area contributed by atoms with E-state index in [1.165, 1.54) is 12.5 Å². The Morgan fingerprint density at radius 1 is 1.04 bits per heavy atom. The lowest BCUT2D eigenvalue weighted by molar-refractivity contribution is -0.131. The van der Waals surface area contributed by atoms with Crippen LogP contribution in [0.15, 0.2) is 24.3 Å². The Morgan fingerprint density at radius 2 is 1.58 bits per heavy atom. The van der Waals surface area contributed by atoms with Crippen molar-refractivity contribution in [2.75, 3.05) is 0 Å². The maximum atomic E-state index is 12.5. The van der Waals surface area contributed by atoms with Gasteiger partial charge in [-0.2, -0.15) is 0 Å². The normalized spacial score (nSPS) is 13.8. The molecule has 0 aliphatic carbocycles. The zero-order chi connectivity index (χ0) is 20.1. The van der Waals surface area contributed by atoms with Crippen molar-refractivity contribution < 1.29 is 14.4 Å². The maximum absolute atomic E-state index is 12.5. The fourth-order valence-electron chi connectivity index (χ4n) is 2.61. The number of nitrogens with one attached hydrogen (secondary N) is 2. The summed E-state index contributed by atoms with van der Waals surface area (Å²) >= 11 is 0. The summed E-state index contributed by atoms with van der Waals surface area (Å²) in [7, 11) is 0. The number of hydrogen-bond donors (Lipinski definition) is 3. The van der Waals surface area contributed by atoms with Crippen LogP contribution in [0.3, 0.4) is 0 Å². The molecule has 0 radical (unpaired) electrons. The van der Waals surface area contributed by atoms with Crippen molar-refractivity contribution in [3.63, 3.8) is 0 Å². The summed E-state index contributed by atoms with van der Waals surface area (Å²) in [6.45, 7) is 11.4. The Balaban J connectivity index is 2.87. The van der Waals surface area contributed by atoms with Gasteiger partial charge in [-0.15, -0.1) is 0 Å². The van der Waals surface area contributed by atoms with Gasteiger partial charge >= 0.3 is 0 Å². The number of rotatable bonds is 7. The van der Waals surface area contributed by atoms with E-state index in [2.05, 4.69) is 31.4 Å². The van der Waals surface area contributed by atoms with Crippen LogP contribution in [0.25, 0.3) is 0 Å². The van der Waals surface area contributed by atoms with Crippen molar-refractivity contribution in [2.45, 2.75) is 65.5 Å². The van der Waals surface area contributed by atoms with Gasteiger partial charge in [-0.25, -0.2) is 0 Å². The first-order chi connectivity index (χ1) is 11.9. The lowest BCUT2D eigenvalue weighted by Crippen LogP contribution is -2.55. The predicted octanol–water partition coefficient (Wildman–Crippen LogP) is 1.66. The second kappa shape index (κ2) is 8.83. The van der Waals surface area contributed by atoms with E-state index in [0.717, 1.165) is 5.56 Å². The molecular formula is C20H31N3O3. The third-order valence-electron chi connectivity index (χ3n) is 4.23. The summed E-state index contributed by atoms with van der Waals surface area (Å²) in [5.41, 5.74) is 7.60. The highest BCUT2D eigenvalue weighted by molar-refractivity contribution is 5.91. The largest absolute Gasteiger partial charge is 0.368 e. The van der Waals surface area contributed by atoms with Crippen molar-refractivity contribution in [2.24, 2.45) is 11.7 Å². The van der Waals surface area contributed by atoms with Crippen LogP contribution in [-0.2, 0) is 26.2 Å². The van der Waals surface area contributed by atoms with Crippen LogP contribution in [0, 0.1) is 5.92 Å². The molecule has 6 heteroatoms. The molecule has 6 nitrogen and oxygen atoms in total. The highest BCUT2D eigenvalue weighted by Crippen LogP contribution is 2.22. The molecule has 0 bridgehead atoms. The zero-order valence-corrected chi connectivity index (χ0v) is 16.6. The van der Waals surface area contributed by atoms with Gasteiger partial charge in [0.25, 0.3) is 0 Å². The first-order valence-electron chi connectivity index (χ1n) is 8.88. The standard InChI is InChI=1S/C20H31N3O3/c1-12(2)17(22-13(3)24)19(26)23-16(18(21)25)11-14-7-9-15(10-8-14)20(4,5)6/h7-10,12,16-17H,11H2,1-6H3,(H2,21,25)(H,22,24)(H,23,26)/t16-,17+/m0/s1. The molecule has 3 amide bonds. The van der Waals surface area contributed by atoms with Crippen LogP contribution in [0.5, 0.6) is 0 Å². The van der Waals surface area contributed by atoms with E-state index in [4.69, 9.17) is 5.73 Å². The molecule has 2 atom stereocenters. The first-order valence-corrected chi connectivity index (χ1v) is 8.88. The van der Waals surface area contributed by atoms with Crippen molar-refractivity contribution in [3.8, 4) is 0 Å². The third-order valence-corrected chi connectivity index (χ3v) is 4.23. The van der Waals surface area contributed by atoms with Crippen LogP contribution in [0.2, 0.25) is 0 Å². The number of carbonyl (C=O) groups is 3. The summed E-state index contributed by atoms with van der Waals surface area (Å²) in [5.74, 6) is -1.43. The van der Waals surface area contributed by atoms with Crippen molar-refractivity contribution in [1.82, 2.24) is 10.6 Å². The predicted molar refractivity (Wildman–Crippen MR) is 102 cm³/mol. The van der Waals surface area contributed by atoms with E-state index in [-0.39, 0.29) is 17.2 Å². The number of benzene rings is 1. The molecule has 0 fully saturated rings. The monoisotopic (exact) mass is 361 g/mol. The highest BCUT2D eigenvalue weighted by atomic mass is 16.2. The number of nitrogens with two attached hydrogens (primary N) is 1. The molecule has 0 saturated carbocycles. The number of primary amides is 1. The fraction of sp³-hybridized carbons (Fsp3) is 0.550. The Bertz CT molecular complexity index is 645. The van der Waals surface area contributed by atoms with E-state index in [1.54, 1.807) is 0 Å². The SMILES string of the molecule is CC(=O)N[C@@H](C(=O)N[C@@H](Cc1ccc(C(C)(C)C)cc1)C(N)=O)C(C)C. The van der Waals surface area contributed by atoms with Crippen LogP contribution >= 0.6 is 0 Å². The molecule has 0 spiro atoms. The molecule has 144 valence electrons. The first kappa shape index (κ1) is 21.7. The van der Waals surface area contributed by atoms with E-state index >= 15 is 0 Å².